The van der Waals surface area contributed by atoms with Crippen LogP contribution in [0.1, 0.15) is 17.8 Å². The minimum atomic E-state index is 0.185. The molecular formula is C11H20N4O. The molecule has 5 heteroatoms. The van der Waals surface area contributed by atoms with Crippen molar-refractivity contribution >= 4 is 5.82 Å². The van der Waals surface area contributed by atoms with Crippen molar-refractivity contribution in [3.63, 3.8) is 0 Å². The van der Waals surface area contributed by atoms with Gasteiger partial charge in [-0.05, 0) is 26.8 Å². The molecule has 1 aromatic rings. The Balaban J connectivity index is 2.71. The molecule has 0 aromatic carbocycles. The molecule has 5 nitrogen and oxygen atoms in total. The quantitative estimate of drug-likeness (QED) is 0.750. The standard InChI is InChI=1S/C11H20N4O/c1-8-6-13-9(2)11(14-8)15-10(4-5-12)7-16-3/h6,10H,4-5,7,12H2,1-3H3,(H,14,15). The zero-order valence-electron chi connectivity index (χ0n) is 10.2. The Bertz CT molecular complexity index is 324. The van der Waals surface area contributed by atoms with Crippen LogP contribution in [0.2, 0.25) is 0 Å². The van der Waals surface area contributed by atoms with Crippen molar-refractivity contribution in [3.8, 4) is 0 Å². The van der Waals surface area contributed by atoms with Crippen LogP contribution in [0.25, 0.3) is 0 Å². The normalized spacial score (nSPS) is 12.5. The topological polar surface area (TPSA) is 73.1 Å². The molecule has 1 unspecified atom stereocenters. The van der Waals surface area contributed by atoms with Crippen LogP contribution in [0.5, 0.6) is 0 Å². The number of hydrogen-bond acceptors (Lipinski definition) is 5. The van der Waals surface area contributed by atoms with E-state index in [4.69, 9.17) is 10.5 Å². The van der Waals surface area contributed by atoms with Crippen molar-refractivity contribution < 1.29 is 4.74 Å². The van der Waals surface area contributed by atoms with Crippen LogP contribution in [0.15, 0.2) is 6.20 Å². The Hall–Kier alpha value is -1.20. The molecule has 0 bridgehead atoms. The van der Waals surface area contributed by atoms with Gasteiger partial charge in [-0.3, -0.25) is 4.98 Å². The van der Waals surface area contributed by atoms with Crippen LogP contribution in [0.3, 0.4) is 0 Å². The van der Waals surface area contributed by atoms with Crippen molar-refractivity contribution in [2.75, 3.05) is 25.6 Å². The SMILES string of the molecule is COCC(CCN)Nc1nc(C)cnc1C. The Morgan fingerprint density at radius 1 is 1.50 bits per heavy atom. The van der Waals surface area contributed by atoms with Gasteiger partial charge in [-0.25, -0.2) is 4.98 Å². The lowest BCUT2D eigenvalue weighted by Gasteiger charge is -2.18. The highest BCUT2D eigenvalue weighted by Crippen LogP contribution is 2.11. The first kappa shape index (κ1) is 12.9. The number of rotatable bonds is 6. The average molecular weight is 224 g/mol. The van der Waals surface area contributed by atoms with E-state index >= 15 is 0 Å². The molecule has 3 N–H and O–H groups in total. The third-order valence-electron chi connectivity index (χ3n) is 2.30. The highest BCUT2D eigenvalue weighted by Gasteiger charge is 2.10. The van der Waals surface area contributed by atoms with E-state index in [1.54, 1.807) is 13.3 Å². The Morgan fingerprint density at radius 2 is 2.25 bits per heavy atom. The minimum absolute atomic E-state index is 0.185. The van der Waals surface area contributed by atoms with Gasteiger partial charge in [0.15, 0.2) is 0 Å². The monoisotopic (exact) mass is 224 g/mol. The van der Waals surface area contributed by atoms with Gasteiger partial charge in [-0.1, -0.05) is 0 Å². The van der Waals surface area contributed by atoms with Gasteiger partial charge in [-0.15, -0.1) is 0 Å². The summed E-state index contributed by atoms with van der Waals surface area (Å²) in [5.74, 6) is 0.815. The summed E-state index contributed by atoms with van der Waals surface area (Å²) in [6, 6.07) is 0.185. The van der Waals surface area contributed by atoms with Gasteiger partial charge < -0.3 is 15.8 Å². The summed E-state index contributed by atoms with van der Waals surface area (Å²) < 4.78 is 5.13. The molecule has 0 radical (unpaired) electrons. The first-order valence-electron chi connectivity index (χ1n) is 5.43. The first-order chi connectivity index (χ1) is 7.67. The van der Waals surface area contributed by atoms with Crippen LogP contribution in [0, 0.1) is 13.8 Å². The Morgan fingerprint density at radius 3 is 2.88 bits per heavy atom. The summed E-state index contributed by atoms with van der Waals surface area (Å²) in [5, 5.41) is 3.31. The zero-order valence-corrected chi connectivity index (χ0v) is 10.2. The molecule has 1 heterocycles. The summed E-state index contributed by atoms with van der Waals surface area (Å²) in [7, 11) is 1.68. The fraction of sp³-hybridized carbons (Fsp3) is 0.636. The van der Waals surface area contributed by atoms with Gasteiger partial charge in [0.05, 0.1) is 24.0 Å². The van der Waals surface area contributed by atoms with E-state index in [1.807, 2.05) is 13.8 Å². The second-order valence-electron chi connectivity index (χ2n) is 3.82. The lowest BCUT2D eigenvalue weighted by atomic mass is 10.2. The van der Waals surface area contributed by atoms with Gasteiger partial charge in [0.1, 0.15) is 5.82 Å². The molecule has 0 aliphatic heterocycles. The molecule has 1 atom stereocenters. The Labute approximate surface area is 96.4 Å². The number of aromatic nitrogens is 2. The maximum Gasteiger partial charge on any atom is 0.148 e. The number of nitrogens with two attached hydrogens (primary N) is 1. The van der Waals surface area contributed by atoms with Crippen LogP contribution in [-0.4, -0.2) is 36.3 Å². The smallest absolute Gasteiger partial charge is 0.148 e. The predicted molar refractivity (Wildman–Crippen MR) is 64.5 cm³/mol. The molecular weight excluding hydrogens is 204 g/mol. The van der Waals surface area contributed by atoms with Crippen molar-refractivity contribution in [2.45, 2.75) is 26.3 Å². The van der Waals surface area contributed by atoms with Crippen LogP contribution in [-0.2, 0) is 4.74 Å². The molecule has 0 aliphatic rings. The molecule has 1 aromatic heterocycles. The summed E-state index contributed by atoms with van der Waals surface area (Å²) in [6.45, 7) is 5.10. The van der Waals surface area contributed by atoms with Gasteiger partial charge in [0.25, 0.3) is 0 Å². The molecule has 90 valence electrons. The van der Waals surface area contributed by atoms with Crippen molar-refractivity contribution in [3.05, 3.63) is 17.6 Å². The third kappa shape index (κ3) is 3.75. The number of nitrogens with zero attached hydrogens (tertiary/aromatic N) is 2. The van der Waals surface area contributed by atoms with Crippen LogP contribution in [0.4, 0.5) is 5.82 Å². The van der Waals surface area contributed by atoms with E-state index in [9.17, 15) is 0 Å². The molecule has 0 aliphatic carbocycles. The summed E-state index contributed by atoms with van der Waals surface area (Å²) >= 11 is 0. The van der Waals surface area contributed by atoms with Crippen LogP contribution < -0.4 is 11.1 Å². The van der Waals surface area contributed by atoms with Crippen molar-refractivity contribution in [1.82, 2.24) is 9.97 Å². The van der Waals surface area contributed by atoms with Crippen molar-refractivity contribution in [2.24, 2.45) is 5.73 Å². The largest absolute Gasteiger partial charge is 0.383 e. The van der Waals surface area contributed by atoms with E-state index < -0.39 is 0 Å². The molecule has 0 saturated carbocycles. The fourth-order valence-corrected chi connectivity index (χ4v) is 1.47. The maximum atomic E-state index is 5.55. The Kier molecular flexibility index (Phi) is 5.14. The number of anilines is 1. The zero-order chi connectivity index (χ0) is 12.0. The molecule has 0 spiro atoms. The first-order valence-corrected chi connectivity index (χ1v) is 5.43. The maximum absolute atomic E-state index is 5.55. The van der Waals surface area contributed by atoms with E-state index in [-0.39, 0.29) is 6.04 Å². The third-order valence-corrected chi connectivity index (χ3v) is 2.30. The van der Waals surface area contributed by atoms with Gasteiger partial charge in [0.2, 0.25) is 0 Å². The number of ether oxygens (including phenoxy) is 1. The number of methoxy groups -OCH3 is 1. The number of nitrogens with one attached hydrogen (secondary N) is 1. The van der Waals surface area contributed by atoms with Gasteiger partial charge in [0, 0.05) is 13.3 Å². The van der Waals surface area contributed by atoms with E-state index in [2.05, 4.69) is 15.3 Å². The van der Waals surface area contributed by atoms with E-state index in [0.29, 0.717) is 13.2 Å². The molecule has 0 saturated heterocycles. The predicted octanol–water partition coefficient (Wildman–Crippen LogP) is 0.869. The summed E-state index contributed by atoms with van der Waals surface area (Å²) in [5.41, 5.74) is 7.34. The highest BCUT2D eigenvalue weighted by atomic mass is 16.5. The number of hydrogen-bond donors (Lipinski definition) is 2. The second kappa shape index (κ2) is 6.40. The minimum Gasteiger partial charge on any atom is -0.383 e. The molecule has 16 heavy (non-hydrogen) atoms. The van der Waals surface area contributed by atoms with Gasteiger partial charge in [-0.2, -0.15) is 0 Å². The summed E-state index contributed by atoms with van der Waals surface area (Å²) in [4.78, 5) is 8.66. The second-order valence-corrected chi connectivity index (χ2v) is 3.82. The fourth-order valence-electron chi connectivity index (χ4n) is 1.47. The number of aryl methyl sites for hydroxylation is 2. The summed E-state index contributed by atoms with van der Waals surface area (Å²) in [6.07, 6.45) is 2.61. The average Bonchev–Trinajstić information content (AvgIpc) is 2.24. The molecule has 0 amide bonds. The van der Waals surface area contributed by atoms with Crippen molar-refractivity contribution in [1.29, 1.82) is 0 Å². The lowest BCUT2D eigenvalue weighted by molar-refractivity contribution is 0.183. The molecule has 0 fully saturated rings. The molecule has 1 rings (SSSR count). The van der Waals surface area contributed by atoms with Crippen LogP contribution >= 0.6 is 0 Å². The van der Waals surface area contributed by atoms with E-state index in [1.165, 1.54) is 0 Å². The van der Waals surface area contributed by atoms with E-state index in [0.717, 1.165) is 23.6 Å². The highest BCUT2D eigenvalue weighted by molar-refractivity contribution is 5.40. The lowest BCUT2D eigenvalue weighted by Crippen LogP contribution is -2.28. The van der Waals surface area contributed by atoms with Gasteiger partial charge >= 0.3 is 0 Å².